The molecule has 1 aliphatic heterocycles. The molecule has 0 aliphatic carbocycles. The summed E-state index contributed by atoms with van der Waals surface area (Å²) in [4.78, 5) is 25.9. The smallest absolute Gasteiger partial charge is 0.225 e. The number of likely N-dealkylation sites (tertiary alicyclic amines) is 1. The molecule has 1 aromatic rings. The fourth-order valence-corrected chi connectivity index (χ4v) is 3.76. The zero-order chi connectivity index (χ0) is 18.2. The molecular weight excluding hydrogens is 334 g/mol. The monoisotopic (exact) mass is 359 g/mol. The van der Waals surface area contributed by atoms with Crippen molar-refractivity contribution in [3.63, 3.8) is 0 Å². The van der Waals surface area contributed by atoms with Gasteiger partial charge in [-0.1, -0.05) is 32.0 Å². The molecule has 1 aliphatic rings. The summed E-state index contributed by atoms with van der Waals surface area (Å²) in [5.41, 5.74) is 1.72. The number of nitrogens with zero attached hydrogens (tertiary/aromatic N) is 2. The first kappa shape index (κ1) is 19.3. The van der Waals surface area contributed by atoms with Crippen LogP contribution in [0.4, 0.5) is 0 Å². The average Bonchev–Trinajstić information content (AvgIpc) is 2.95. The molecule has 1 fully saturated rings. The van der Waals surface area contributed by atoms with Crippen molar-refractivity contribution in [3.8, 4) is 6.07 Å². The van der Waals surface area contributed by atoms with Crippen molar-refractivity contribution >= 4 is 23.6 Å². The maximum absolute atomic E-state index is 12.2. The Morgan fingerprint density at radius 1 is 1.44 bits per heavy atom. The summed E-state index contributed by atoms with van der Waals surface area (Å²) in [5, 5.41) is 12.0. The van der Waals surface area contributed by atoms with Crippen LogP contribution in [0.15, 0.2) is 24.3 Å². The summed E-state index contributed by atoms with van der Waals surface area (Å²) in [6, 6.07) is 9.76. The van der Waals surface area contributed by atoms with Crippen LogP contribution in [0, 0.1) is 23.2 Å². The highest BCUT2D eigenvalue weighted by atomic mass is 32.2. The van der Waals surface area contributed by atoms with Gasteiger partial charge in [0.25, 0.3) is 0 Å². The summed E-state index contributed by atoms with van der Waals surface area (Å²) in [6.07, 6.45) is 0.321. The maximum atomic E-state index is 12.2. The normalized spacial score (nSPS) is 17.0. The lowest BCUT2D eigenvalue weighted by Crippen LogP contribution is -2.35. The van der Waals surface area contributed by atoms with E-state index in [0.717, 1.165) is 23.6 Å². The zero-order valence-electron chi connectivity index (χ0n) is 14.8. The van der Waals surface area contributed by atoms with Crippen LogP contribution in [0.1, 0.15) is 31.4 Å². The second kappa shape index (κ2) is 9.47. The number of carbonyl (C=O) groups is 2. The third-order valence-corrected chi connectivity index (χ3v) is 5.12. The van der Waals surface area contributed by atoms with Gasteiger partial charge in [0.1, 0.15) is 0 Å². The highest BCUT2D eigenvalue weighted by Crippen LogP contribution is 2.19. The average molecular weight is 359 g/mol. The van der Waals surface area contributed by atoms with Gasteiger partial charge in [0.15, 0.2) is 0 Å². The standard InChI is InChI=1S/C19H25N3O2S/c1-14(2)11-22-12-17(9-18(22)23)19(24)21-7-8-25-13-16-6-4-3-5-15(16)10-20/h3-6,14,17H,7-9,11-13H2,1-2H3,(H,21,24). The number of benzene rings is 1. The van der Waals surface area contributed by atoms with Crippen LogP contribution in [0.3, 0.4) is 0 Å². The lowest BCUT2D eigenvalue weighted by molar-refractivity contribution is -0.129. The quantitative estimate of drug-likeness (QED) is 0.724. The highest BCUT2D eigenvalue weighted by molar-refractivity contribution is 7.98. The van der Waals surface area contributed by atoms with E-state index in [-0.39, 0.29) is 17.7 Å². The largest absolute Gasteiger partial charge is 0.355 e. The van der Waals surface area contributed by atoms with Crippen LogP contribution >= 0.6 is 11.8 Å². The van der Waals surface area contributed by atoms with E-state index in [1.54, 1.807) is 16.7 Å². The first-order valence-electron chi connectivity index (χ1n) is 8.62. The summed E-state index contributed by atoms with van der Waals surface area (Å²) in [5.74, 6) is 1.77. The molecule has 6 heteroatoms. The first-order valence-corrected chi connectivity index (χ1v) is 9.78. The van der Waals surface area contributed by atoms with E-state index >= 15 is 0 Å². The summed E-state index contributed by atoms with van der Waals surface area (Å²) < 4.78 is 0. The predicted octanol–water partition coefficient (Wildman–Crippen LogP) is 2.41. The Labute approximate surface area is 153 Å². The van der Waals surface area contributed by atoms with E-state index < -0.39 is 0 Å². The lowest BCUT2D eigenvalue weighted by Gasteiger charge is -2.18. The molecule has 134 valence electrons. The van der Waals surface area contributed by atoms with Crippen LogP contribution < -0.4 is 5.32 Å². The molecule has 1 aromatic carbocycles. The first-order chi connectivity index (χ1) is 12.0. The summed E-state index contributed by atoms with van der Waals surface area (Å²) >= 11 is 1.69. The highest BCUT2D eigenvalue weighted by Gasteiger charge is 2.34. The third kappa shape index (κ3) is 5.79. The molecule has 1 atom stereocenters. The Kier molecular flexibility index (Phi) is 7.32. The van der Waals surface area contributed by atoms with Gasteiger partial charge in [-0.15, -0.1) is 0 Å². The van der Waals surface area contributed by atoms with Crippen LogP contribution in [0.2, 0.25) is 0 Å². The van der Waals surface area contributed by atoms with E-state index in [2.05, 4.69) is 25.2 Å². The molecule has 1 saturated heterocycles. The zero-order valence-corrected chi connectivity index (χ0v) is 15.6. The van der Waals surface area contributed by atoms with Crippen LogP contribution in [-0.2, 0) is 15.3 Å². The van der Waals surface area contributed by atoms with Crippen LogP contribution in [0.5, 0.6) is 0 Å². The minimum Gasteiger partial charge on any atom is -0.355 e. The molecule has 0 aromatic heterocycles. The number of amides is 2. The van der Waals surface area contributed by atoms with Gasteiger partial charge in [0, 0.05) is 37.6 Å². The minimum absolute atomic E-state index is 0.0300. The number of carbonyl (C=O) groups excluding carboxylic acids is 2. The van der Waals surface area contributed by atoms with Crippen molar-refractivity contribution in [2.24, 2.45) is 11.8 Å². The number of nitriles is 1. The number of hydrogen-bond acceptors (Lipinski definition) is 4. The molecule has 1 heterocycles. The van der Waals surface area contributed by atoms with Gasteiger partial charge in [-0.05, 0) is 17.5 Å². The fraction of sp³-hybridized carbons (Fsp3) is 0.526. The van der Waals surface area contributed by atoms with Gasteiger partial charge in [0.2, 0.25) is 11.8 Å². The SMILES string of the molecule is CC(C)CN1CC(C(=O)NCCSCc2ccccc2C#N)CC1=O. The van der Waals surface area contributed by atoms with E-state index in [0.29, 0.717) is 31.0 Å². The number of hydrogen-bond donors (Lipinski definition) is 1. The molecule has 0 radical (unpaired) electrons. The molecule has 0 bridgehead atoms. The van der Waals surface area contributed by atoms with Gasteiger partial charge in [-0.25, -0.2) is 0 Å². The predicted molar refractivity (Wildman–Crippen MR) is 99.9 cm³/mol. The van der Waals surface area contributed by atoms with E-state index in [4.69, 9.17) is 5.26 Å². The van der Waals surface area contributed by atoms with Gasteiger partial charge >= 0.3 is 0 Å². The molecule has 5 nitrogen and oxygen atoms in total. The second-order valence-electron chi connectivity index (χ2n) is 6.71. The van der Waals surface area contributed by atoms with Crippen molar-refractivity contribution in [1.29, 1.82) is 5.26 Å². The van der Waals surface area contributed by atoms with E-state index in [1.807, 2.05) is 24.3 Å². The Morgan fingerprint density at radius 2 is 2.20 bits per heavy atom. The second-order valence-corrected chi connectivity index (χ2v) is 7.81. The van der Waals surface area contributed by atoms with Gasteiger partial charge < -0.3 is 10.2 Å². The Balaban J connectivity index is 1.68. The van der Waals surface area contributed by atoms with Crippen molar-refractivity contribution in [2.75, 3.05) is 25.4 Å². The molecule has 1 N–H and O–H groups in total. The van der Waals surface area contributed by atoms with Crippen molar-refractivity contribution in [1.82, 2.24) is 10.2 Å². The molecular formula is C19H25N3O2S. The lowest BCUT2D eigenvalue weighted by atomic mass is 10.1. The number of thioether (sulfide) groups is 1. The topological polar surface area (TPSA) is 73.2 Å². The minimum atomic E-state index is -0.226. The Hall–Kier alpha value is -2.00. The van der Waals surface area contributed by atoms with Gasteiger partial charge in [-0.3, -0.25) is 9.59 Å². The molecule has 0 spiro atoms. The molecule has 2 amide bonds. The van der Waals surface area contributed by atoms with Crippen molar-refractivity contribution < 1.29 is 9.59 Å². The van der Waals surface area contributed by atoms with Crippen molar-refractivity contribution in [3.05, 3.63) is 35.4 Å². The number of nitrogens with one attached hydrogen (secondary N) is 1. The third-order valence-electron chi connectivity index (χ3n) is 4.11. The molecule has 2 rings (SSSR count). The molecule has 25 heavy (non-hydrogen) atoms. The Bertz CT molecular complexity index is 654. The molecule has 1 unspecified atom stereocenters. The molecule has 0 saturated carbocycles. The fourth-order valence-electron chi connectivity index (χ4n) is 2.89. The van der Waals surface area contributed by atoms with Crippen LogP contribution in [0.25, 0.3) is 0 Å². The van der Waals surface area contributed by atoms with Crippen molar-refractivity contribution in [2.45, 2.75) is 26.0 Å². The maximum Gasteiger partial charge on any atom is 0.225 e. The van der Waals surface area contributed by atoms with E-state index in [9.17, 15) is 9.59 Å². The van der Waals surface area contributed by atoms with Crippen LogP contribution in [-0.4, -0.2) is 42.1 Å². The van der Waals surface area contributed by atoms with Gasteiger partial charge in [0.05, 0.1) is 17.6 Å². The van der Waals surface area contributed by atoms with E-state index in [1.165, 1.54) is 0 Å². The summed E-state index contributed by atoms with van der Waals surface area (Å²) in [6.45, 7) is 5.97. The summed E-state index contributed by atoms with van der Waals surface area (Å²) in [7, 11) is 0. The number of rotatable bonds is 8. The Morgan fingerprint density at radius 3 is 2.92 bits per heavy atom. The van der Waals surface area contributed by atoms with Gasteiger partial charge in [-0.2, -0.15) is 17.0 Å².